The van der Waals surface area contributed by atoms with Gasteiger partial charge in [0.2, 0.25) is 0 Å². The van der Waals surface area contributed by atoms with Crippen molar-refractivity contribution < 1.29 is 4.74 Å². The lowest BCUT2D eigenvalue weighted by Gasteiger charge is -2.23. The van der Waals surface area contributed by atoms with Crippen LogP contribution in [0.15, 0.2) is 17.2 Å². The van der Waals surface area contributed by atoms with Gasteiger partial charge in [0.25, 0.3) is 5.88 Å². The molecule has 5 heteroatoms. The van der Waals surface area contributed by atoms with Crippen LogP contribution >= 0.6 is 0 Å². The highest BCUT2D eigenvalue weighted by atomic mass is 16.5. The second-order valence-corrected chi connectivity index (χ2v) is 5.17. The average molecular weight is 251 g/mol. The minimum atomic E-state index is -0.128. The van der Waals surface area contributed by atoms with Crippen molar-refractivity contribution >= 4 is 0 Å². The van der Waals surface area contributed by atoms with Crippen LogP contribution in [0.25, 0.3) is 0 Å². The van der Waals surface area contributed by atoms with Crippen LogP contribution in [0, 0.1) is 5.92 Å². The number of rotatable bonds is 4. The van der Waals surface area contributed by atoms with Crippen LogP contribution in [0.4, 0.5) is 0 Å². The molecule has 0 amide bonds. The molecule has 1 unspecified atom stereocenters. The summed E-state index contributed by atoms with van der Waals surface area (Å²) in [6.07, 6.45) is 5.48. The van der Waals surface area contributed by atoms with Gasteiger partial charge < -0.3 is 14.6 Å². The van der Waals surface area contributed by atoms with Crippen molar-refractivity contribution in [3.05, 3.63) is 22.7 Å². The van der Waals surface area contributed by atoms with Crippen molar-refractivity contribution in [2.45, 2.75) is 39.3 Å². The third kappa shape index (κ3) is 3.32. The third-order valence-electron chi connectivity index (χ3n) is 2.97. The third-order valence-corrected chi connectivity index (χ3v) is 2.97. The molecule has 5 nitrogen and oxygen atoms in total. The zero-order valence-electron chi connectivity index (χ0n) is 11.1. The van der Waals surface area contributed by atoms with Gasteiger partial charge in [-0.25, -0.2) is 4.98 Å². The summed E-state index contributed by atoms with van der Waals surface area (Å²) in [5.74, 6) is 0.654. The molecule has 2 rings (SSSR count). The van der Waals surface area contributed by atoms with Crippen molar-refractivity contribution in [3.8, 4) is 5.88 Å². The molecule has 1 aromatic heterocycles. The first kappa shape index (κ1) is 13.1. The Bertz CT molecular complexity index is 436. The van der Waals surface area contributed by atoms with Gasteiger partial charge in [-0.15, -0.1) is 0 Å². The monoisotopic (exact) mass is 251 g/mol. The molecule has 1 N–H and O–H groups in total. The Kier molecular flexibility index (Phi) is 4.36. The standard InChI is InChI=1S/C13H21N3O2/c1-10(2)9-16-7-6-15-12(13(16)17)18-11-4-3-5-14-8-11/h6-7,10-11,14H,3-5,8-9H2,1-2H3. The van der Waals surface area contributed by atoms with Crippen molar-refractivity contribution in [1.82, 2.24) is 14.9 Å². The van der Waals surface area contributed by atoms with Crippen molar-refractivity contribution in [1.29, 1.82) is 0 Å². The van der Waals surface area contributed by atoms with E-state index in [4.69, 9.17) is 4.74 Å². The molecule has 18 heavy (non-hydrogen) atoms. The zero-order valence-corrected chi connectivity index (χ0v) is 11.1. The molecule has 0 spiro atoms. The maximum atomic E-state index is 12.1. The predicted molar refractivity (Wildman–Crippen MR) is 69.9 cm³/mol. The summed E-state index contributed by atoms with van der Waals surface area (Å²) in [6.45, 7) is 6.68. The predicted octanol–water partition coefficient (Wildman–Crippen LogP) is 1.03. The number of piperidine rings is 1. The quantitative estimate of drug-likeness (QED) is 0.868. The molecule has 0 bridgehead atoms. The molecule has 0 aliphatic carbocycles. The van der Waals surface area contributed by atoms with E-state index in [9.17, 15) is 4.79 Å². The first-order valence-electron chi connectivity index (χ1n) is 6.59. The zero-order chi connectivity index (χ0) is 13.0. The van der Waals surface area contributed by atoms with Crippen LogP contribution in [0.1, 0.15) is 26.7 Å². The van der Waals surface area contributed by atoms with Crippen LogP contribution in [0.2, 0.25) is 0 Å². The number of ether oxygens (including phenoxy) is 1. The van der Waals surface area contributed by atoms with Crippen molar-refractivity contribution in [2.24, 2.45) is 5.92 Å². The molecular formula is C13H21N3O2. The van der Waals surface area contributed by atoms with Gasteiger partial charge in [0.1, 0.15) is 6.10 Å². The first-order chi connectivity index (χ1) is 8.66. The van der Waals surface area contributed by atoms with E-state index in [1.165, 1.54) is 0 Å². The van der Waals surface area contributed by atoms with E-state index in [0.717, 1.165) is 25.9 Å². The molecule has 1 fully saturated rings. The Morgan fingerprint density at radius 1 is 1.61 bits per heavy atom. The minimum absolute atomic E-state index is 0.0637. The van der Waals surface area contributed by atoms with Crippen LogP contribution in [0.3, 0.4) is 0 Å². The van der Waals surface area contributed by atoms with Crippen molar-refractivity contribution in [2.75, 3.05) is 13.1 Å². The summed E-state index contributed by atoms with van der Waals surface area (Å²) in [5, 5.41) is 3.26. The lowest BCUT2D eigenvalue weighted by molar-refractivity contribution is 0.156. The van der Waals surface area contributed by atoms with Gasteiger partial charge in [-0.3, -0.25) is 4.79 Å². The number of nitrogens with zero attached hydrogens (tertiary/aromatic N) is 2. The normalized spacial score (nSPS) is 20.1. The highest BCUT2D eigenvalue weighted by molar-refractivity contribution is 5.05. The largest absolute Gasteiger partial charge is 0.469 e. The highest BCUT2D eigenvalue weighted by Crippen LogP contribution is 2.09. The molecular weight excluding hydrogens is 230 g/mol. The number of nitrogens with one attached hydrogen (secondary N) is 1. The molecule has 0 aromatic carbocycles. The van der Waals surface area contributed by atoms with Gasteiger partial charge in [-0.1, -0.05) is 13.8 Å². The van der Waals surface area contributed by atoms with Gasteiger partial charge in [-0.05, 0) is 25.3 Å². The Morgan fingerprint density at radius 2 is 2.44 bits per heavy atom. The Morgan fingerprint density at radius 3 is 3.11 bits per heavy atom. The van der Waals surface area contributed by atoms with Crippen molar-refractivity contribution in [3.63, 3.8) is 0 Å². The fourth-order valence-corrected chi connectivity index (χ4v) is 2.12. The van der Waals surface area contributed by atoms with E-state index < -0.39 is 0 Å². The van der Waals surface area contributed by atoms with Gasteiger partial charge in [-0.2, -0.15) is 0 Å². The van der Waals surface area contributed by atoms with Crippen LogP contribution < -0.4 is 15.6 Å². The Hall–Kier alpha value is -1.36. The van der Waals surface area contributed by atoms with Crippen LogP contribution in [0.5, 0.6) is 5.88 Å². The van der Waals surface area contributed by atoms with Gasteiger partial charge >= 0.3 is 5.56 Å². The smallest absolute Gasteiger partial charge is 0.313 e. The maximum absolute atomic E-state index is 12.1. The lowest BCUT2D eigenvalue weighted by Crippen LogP contribution is -2.39. The second kappa shape index (κ2) is 6.00. The average Bonchev–Trinajstić information content (AvgIpc) is 2.35. The summed E-state index contributed by atoms with van der Waals surface area (Å²) in [4.78, 5) is 16.2. The van der Waals surface area contributed by atoms with Crippen LogP contribution in [-0.4, -0.2) is 28.7 Å². The fourth-order valence-electron chi connectivity index (χ4n) is 2.12. The van der Waals surface area contributed by atoms with Gasteiger partial charge in [0, 0.05) is 25.5 Å². The lowest BCUT2D eigenvalue weighted by atomic mass is 10.1. The summed E-state index contributed by atoms with van der Waals surface area (Å²) in [6, 6.07) is 0. The molecule has 1 atom stereocenters. The minimum Gasteiger partial charge on any atom is -0.469 e. The topological polar surface area (TPSA) is 56.1 Å². The number of hydrogen-bond donors (Lipinski definition) is 1. The van der Waals surface area contributed by atoms with Gasteiger partial charge in [0.05, 0.1) is 0 Å². The summed E-state index contributed by atoms with van der Waals surface area (Å²) in [7, 11) is 0. The molecule has 1 aromatic rings. The van der Waals surface area contributed by atoms with Gasteiger partial charge in [0.15, 0.2) is 0 Å². The molecule has 0 radical (unpaired) electrons. The molecule has 100 valence electrons. The Labute approximate surface area is 107 Å². The molecule has 1 saturated heterocycles. The molecule has 1 aliphatic rings. The van der Waals surface area contributed by atoms with Crippen LogP contribution in [-0.2, 0) is 6.54 Å². The molecule has 2 heterocycles. The van der Waals surface area contributed by atoms with E-state index in [1.54, 1.807) is 17.0 Å². The number of hydrogen-bond acceptors (Lipinski definition) is 4. The first-order valence-corrected chi connectivity index (χ1v) is 6.59. The van der Waals surface area contributed by atoms with E-state index in [0.29, 0.717) is 12.5 Å². The fraction of sp³-hybridized carbons (Fsp3) is 0.692. The van der Waals surface area contributed by atoms with E-state index in [2.05, 4.69) is 24.1 Å². The maximum Gasteiger partial charge on any atom is 0.313 e. The highest BCUT2D eigenvalue weighted by Gasteiger charge is 2.17. The van der Waals surface area contributed by atoms with E-state index in [1.807, 2.05) is 0 Å². The summed E-state index contributed by atoms with van der Waals surface area (Å²) < 4.78 is 7.37. The molecule has 0 saturated carbocycles. The number of aromatic nitrogens is 2. The second-order valence-electron chi connectivity index (χ2n) is 5.17. The van der Waals surface area contributed by atoms with E-state index >= 15 is 0 Å². The Balaban J connectivity index is 2.10. The summed E-state index contributed by atoms with van der Waals surface area (Å²) in [5.41, 5.74) is -0.128. The summed E-state index contributed by atoms with van der Waals surface area (Å²) >= 11 is 0. The molecule has 1 aliphatic heterocycles. The van der Waals surface area contributed by atoms with E-state index in [-0.39, 0.29) is 17.5 Å². The SMILES string of the molecule is CC(C)Cn1ccnc(OC2CCCNC2)c1=O.